The summed E-state index contributed by atoms with van der Waals surface area (Å²) in [5.74, 6) is 3.26. The molecule has 0 aliphatic rings. The van der Waals surface area contributed by atoms with Gasteiger partial charge in [0.1, 0.15) is 21.0 Å². The summed E-state index contributed by atoms with van der Waals surface area (Å²) in [6.45, 7) is 14.9. The molecule has 0 fully saturated rings. The van der Waals surface area contributed by atoms with E-state index in [1.807, 2.05) is 58.0 Å². The second-order valence-electron chi connectivity index (χ2n) is 9.04. The molecule has 0 aliphatic carbocycles. The molecule has 0 saturated carbocycles. The van der Waals surface area contributed by atoms with Gasteiger partial charge in [0.15, 0.2) is 0 Å². The van der Waals surface area contributed by atoms with Gasteiger partial charge in [-0.05, 0) is 33.3 Å². The van der Waals surface area contributed by atoms with E-state index < -0.39 is 29.9 Å². The summed E-state index contributed by atoms with van der Waals surface area (Å²) in [6, 6.07) is 9.61. The maximum Gasteiger partial charge on any atom is 0.148 e. The van der Waals surface area contributed by atoms with Crippen LogP contribution >= 0.6 is 0 Å². The van der Waals surface area contributed by atoms with Crippen LogP contribution in [0.25, 0.3) is 0 Å². The molecule has 164 valence electrons. The van der Waals surface area contributed by atoms with Crippen LogP contribution in [-0.4, -0.2) is 49.2 Å². The Balaban J connectivity index is 3.09. The molecule has 1 aromatic rings. The van der Waals surface area contributed by atoms with Crippen molar-refractivity contribution in [2.45, 2.75) is 76.9 Å². The van der Waals surface area contributed by atoms with E-state index in [0.29, 0.717) is 6.61 Å². The topological polar surface area (TPSA) is 56.8 Å². The second kappa shape index (κ2) is 12.0. The van der Waals surface area contributed by atoms with E-state index in [1.54, 1.807) is 7.11 Å². The first-order valence-electron chi connectivity index (χ1n) is 9.91. The average molecular weight is 440 g/mol. The van der Waals surface area contributed by atoms with Crippen molar-refractivity contribution in [1.29, 1.82) is 0 Å². The maximum atomic E-state index is 12.9. The smallest absolute Gasteiger partial charge is 0.148 e. The van der Waals surface area contributed by atoms with Crippen molar-refractivity contribution in [1.82, 2.24) is 4.72 Å². The van der Waals surface area contributed by atoms with Gasteiger partial charge in [0.25, 0.3) is 0 Å². The third-order valence-electron chi connectivity index (χ3n) is 3.94. The number of nitrogens with one attached hydrogen (secondary N) is 1. The second-order valence-corrected chi connectivity index (χ2v) is 15.8. The monoisotopic (exact) mass is 439 g/mol. The molecule has 1 unspecified atom stereocenters. The SMILES string of the molecule is COCO[C@H](C#C[Si](C)(C)C)[C@@H](NS(=O)C(C)(C)C)[C@H](C)OCc1ccccc1. The Kier molecular flexibility index (Phi) is 10.8. The Labute approximate surface area is 180 Å². The molecule has 0 saturated heterocycles. The van der Waals surface area contributed by atoms with Crippen LogP contribution in [0, 0.1) is 11.5 Å². The van der Waals surface area contributed by atoms with Crippen LogP contribution in [0.4, 0.5) is 0 Å². The number of hydrogen-bond donors (Lipinski definition) is 1. The fourth-order valence-corrected chi connectivity index (χ4v) is 3.77. The van der Waals surface area contributed by atoms with Gasteiger partial charge in [-0.3, -0.25) is 0 Å². The van der Waals surface area contributed by atoms with E-state index in [0.717, 1.165) is 5.56 Å². The van der Waals surface area contributed by atoms with Crippen LogP contribution in [0.3, 0.4) is 0 Å². The molecule has 1 aromatic carbocycles. The van der Waals surface area contributed by atoms with E-state index in [9.17, 15) is 4.21 Å². The summed E-state index contributed by atoms with van der Waals surface area (Å²) in [4.78, 5) is 0. The van der Waals surface area contributed by atoms with Crippen molar-refractivity contribution in [2.24, 2.45) is 0 Å². The van der Waals surface area contributed by atoms with E-state index >= 15 is 0 Å². The van der Waals surface area contributed by atoms with Crippen LogP contribution in [0.5, 0.6) is 0 Å². The predicted octanol–water partition coefficient (Wildman–Crippen LogP) is 3.88. The average Bonchev–Trinajstić information content (AvgIpc) is 2.64. The highest BCUT2D eigenvalue weighted by molar-refractivity contribution is 7.84. The lowest BCUT2D eigenvalue weighted by Gasteiger charge is -2.32. The summed E-state index contributed by atoms with van der Waals surface area (Å²) < 4.78 is 32.8. The third-order valence-corrected chi connectivity index (χ3v) is 6.43. The highest BCUT2D eigenvalue weighted by atomic mass is 32.2. The Morgan fingerprint density at radius 3 is 2.28 bits per heavy atom. The van der Waals surface area contributed by atoms with Gasteiger partial charge in [0.2, 0.25) is 0 Å². The number of hydrogen-bond acceptors (Lipinski definition) is 4. The molecule has 0 aromatic heterocycles. The summed E-state index contributed by atoms with van der Waals surface area (Å²) in [5, 5.41) is 0. The first-order valence-corrected chi connectivity index (χ1v) is 14.6. The minimum Gasteiger partial charge on any atom is -0.372 e. The molecule has 1 N–H and O–H groups in total. The molecule has 7 heteroatoms. The Morgan fingerprint density at radius 1 is 1.14 bits per heavy atom. The molecule has 0 aliphatic heterocycles. The van der Waals surface area contributed by atoms with Crippen LogP contribution in [-0.2, 0) is 31.8 Å². The van der Waals surface area contributed by atoms with Crippen LogP contribution < -0.4 is 4.72 Å². The van der Waals surface area contributed by atoms with Crippen LogP contribution in [0.15, 0.2) is 30.3 Å². The van der Waals surface area contributed by atoms with E-state index in [2.05, 4.69) is 35.8 Å². The Morgan fingerprint density at radius 2 is 1.76 bits per heavy atom. The number of benzene rings is 1. The minimum atomic E-state index is -1.61. The summed E-state index contributed by atoms with van der Waals surface area (Å²) >= 11 is 0. The lowest BCUT2D eigenvalue weighted by atomic mass is 10.1. The van der Waals surface area contributed by atoms with Crippen molar-refractivity contribution in [2.75, 3.05) is 13.9 Å². The fraction of sp³-hybridized carbons (Fsp3) is 0.636. The van der Waals surface area contributed by atoms with Crippen LogP contribution in [0.2, 0.25) is 19.6 Å². The van der Waals surface area contributed by atoms with Crippen molar-refractivity contribution < 1.29 is 18.4 Å². The Hall–Kier alpha value is -1.01. The molecular formula is C22H37NO4SSi. The molecule has 4 atom stereocenters. The minimum absolute atomic E-state index is 0.108. The van der Waals surface area contributed by atoms with Crippen molar-refractivity contribution >= 4 is 19.1 Å². The summed E-state index contributed by atoms with van der Waals surface area (Å²) in [5.41, 5.74) is 4.45. The zero-order valence-corrected chi connectivity index (χ0v) is 20.9. The first kappa shape index (κ1) is 26.0. The molecule has 1 rings (SSSR count). The summed E-state index contributed by atoms with van der Waals surface area (Å²) in [6.07, 6.45) is -0.780. The van der Waals surface area contributed by atoms with Crippen molar-refractivity contribution in [3.05, 3.63) is 35.9 Å². The van der Waals surface area contributed by atoms with E-state index in [-0.39, 0.29) is 18.9 Å². The molecule has 0 heterocycles. The highest BCUT2D eigenvalue weighted by Gasteiger charge is 2.32. The van der Waals surface area contributed by atoms with Gasteiger partial charge in [-0.15, -0.1) is 5.54 Å². The molecule has 0 spiro atoms. The van der Waals surface area contributed by atoms with Gasteiger partial charge < -0.3 is 14.2 Å². The number of methoxy groups -OCH3 is 1. The van der Waals surface area contributed by atoms with E-state index in [1.165, 1.54) is 0 Å². The van der Waals surface area contributed by atoms with Crippen molar-refractivity contribution in [3.8, 4) is 11.5 Å². The van der Waals surface area contributed by atoms with Gasteiger partial charge >= 0.3 is 0 Å². The number of rotatable bonds is 10. The molecule has 29 heavy (non-hydrogen) atoms. The predicted molar refractivity (Wildman–Crippen MR) is 123 cm³/mol. The van der Waals surface area contributed by atoms with Gasteiger partial charge in [-0.1, -0.05) is 55.9 Å². The molecule has 0 amide bonds. The quantitative estimate of drug-likeness (QED) is 0.341. The van der Waals surface area contributed by atoms with Gasteiger partial charge in [0, 0.05) is 7.11 Å². The largest absolute Gasteiger partial charge is 0.372 e. The normalized spacial score (nSPS) is 16.4. The molecule has 0 radical (unpaired) electrons. The third kappa shape index (κ3) is 10.5. The summed E-state index contributed by atoms with van der Waals surface area (Å²) in [7, 11) is -1.33. The van der Waals surface area contributed by atoms with Gasteiger partial charge in [-0.25, -0.2) is 8.93 Å². The lowest BCUT2D eigenvalue weighted by Crippen LogP contribution is -2.52. The zero-order valence-electron chi connectivity index (χ0n) is 19.1. The van der Waals surface area contributed by atoms with Crippen molar-refractivity contribution in [3.63, 3.8) is 0 Å². The standard InChI is InChI=1S/C22H37NO4SSi/c1-18(26-16-19-12-10-9-11-13-19)21(23-28(24)22(2,3)4)20(27-17-25-5)14-15-29(6,7)8/h9-13,18,20-21,23H,16-17H2,1-8H3/t18-,20+,21-,28?/m0/s1. The highest BCUT2D eigenvalue weighted by Crippen LogP contribution is 2.16. The lowest BCUT2D eigenvalue weighted by molar-refractivity contribution is -0.0816. The van der Waals surface area contributed by atoms with Crippen LogP contribution in [0.1, 0.15) is 33.3 Å². The molecular weight excluding hydrogens is 402 g/mol. The van der Waals surface area contributed by atoms with Gasteiger partial charge in [-0.2, -0.15) is 0 Å². The fourth-order valence-electron chi connectivity index (χ4n) is 2.27. The van der Waals surface area contributed by atoms with Gasteiger partial charge in [0.05, 0.1) is 34.5 Å². The number of ether oxygens (including phenoxy) is 3. The maximum absolute atomic E-state index is 12.9. The zero-order chi connectivity index (χ0) is 22.1. The molecule has 5 nitrogen and oxygen atoms in total. The van der Waals surface area contributed by atoms with E-state index in [4.69, 9.17) is 14.2 Å². The first-order chi connectivity index (χ1) is 13.4. The Bertz CT molecular complexity index is 689. The molecule has 0 bridgehead atoms.